The van der Waals surface area contributed by atoms with Gasteiger partial charge in [-0.15, -0.1) is 0 Å². The molecule has 0 fully saturated rings. The van der Waals surface area contributed by atoms with E-state index < -0.39 is 17.9 Å². The van der Waals surface area contributed by atoms with E-state index in [4.69, 9.17) is 19.7 Å². The number of hydrogen-bond acceptors (Lipinski definition) is 7. The highest BCUT2D eigenvalue weighted by Crippen LogP contribution is 2.47. The van der Waals surface area contributed by atoms with Crippen LogP contribution in [0.5, 0.6) is 0 Å². The Morgan fingerprint density at radius 3 is 2.27 bits per heavy atom. The number of aromatic nitrogens is 1. The number of carbonyl (C=O) groups excluding carboxylic acids is 1. The van der Waals surface area contributed by atoms with Crippen molar-refractivity contribution in [3.05, 3.63) is 121 Å². The fraction of sp³-hybridized carbons (Fsp3) is 0.171. The van der Waals surface area contributed by atoms with Crippen molar-refractivity contribution < 1.29 is 24.5 Å². The lowest BCUT2D eigenvalue weighted by atomic mass is 9.93. The van der Waals surface area contributed by atoms with Gasteiger partial charge < -0.3 is 19.9 Å². The number of ether oxygens (including phenoxy) is 1. The number of aliphatic hydroxyl groups excluding tert-OH is 1. The Morgan fingerprint density at radius 2 is 1.61 bits per heavy atom. The fourth-order valence-corrected chi connectivity index (χ4v) is 6.20. The zero-order chi connectivity index (χ0) is 31.6. The zero-order valence-electron chi connectivity index (χ0n) is 25.0. The smallest absolute Gasteiger partial charge is 0.328 e. The van der Waals surface area contributed by atoms with Gasteiger partial charge in [0, 0.05) is 44.6 Å². The van der Waals surface area contributed by atoms with E-state index >= 15 is 0 Å². The zero-order valence-corrected chi connectivity index (χ0v) is 25.0. The largest absolute Gasteiger partial charge is 0.510 e. The Morgan fingerprint density at radius 1 is 0.932 bits per heavy atom. The summed E-state index contributed by atoms with van der Waals surface area (Å²) in [4.78, 5) is 43.1. The third-order valence-electron chi connectivity index (χ3n) is 8.58. The molecule has 0 unspecified atom stereocenters. The Kier molecular flexibility index (Phi) is 6.69. The van der Waals surface area contributed by atoms with Crippen LogP contribution in [0.2, 0.25) is 0 Å². The van der Waals surface area contributed by atoms with E-state index in [9.17, 15) is 19.8 Å². The second kappa shape index (κ2) is 10.3. The second-order valence-corrected chi connectivity index (χ2v) is 10.9. The molecule has 0 saturated carbocycles. The van der Waals surface area contributed by atoms with Gasteiger partial charge in [0.05, 0.1) is 41.3 Å². The maximum Gasteiger partial charge on any atom is 0.328 e. The van der Waals surface area contributed by atoms with Crippen molar-refractivity contribution in [3.8, 4) is 0 Å². The van der Waals surface area contributed by atoms with Gasteiger partial charge in [-0.2, -0.15) is 0 Å². The number of fused-ring (bicyclic) bond motifs is 5. The molecule has 4 aliphatic heterocycles. The minimum atomic E-state index is -1.20. The van der Waals surface area contributed by atoms with Crippen molar-refractivity contribution in [1.82, 2.24) is 4.98 Å². The summed E-state index contributed by atoms with van der Waals surface area (Å²) in [5.41, 5.74) is 9.47. The molecule has 8 bridgehead atoms. The first-order valence-electron chi connectivity index (χ1n) is 14.0. The quantitative estimate of drug-likeness (QED) is 0.347. The average molecular weight is 587 g/mol. The summed E-state index contributed by atoms with van der Waals surface area (Å²) >= 11 is 0. The maximum absolute atomic E-state index is 13.2. The first-order valence-corrected chi connectivity index (χ1v) is 14.0. The van der Waals surface area contributed by atoms with E-state index in [-0.39, 0.29) is 5.76 Å². The minimum Gasteiger partial charge on any atom is -0.510 e. The van der Waals surface area contributed by atoms with Crippen LogP contribution in [0.25, 0.3) is 18.2 Å². The fourth-order valence-electron chi connectivity index (χ4n) is 6.20. The normalized spacial score (nSPS) is 20.6. The second-order valence-electron chi connectivity index (χ2n) is 10.9. The number of aliphatic imine (C=N–C) groups is 3. The summed E-state index contributed by atoms with van der Waals surface area (Å²) in [6.45, 7) is 15.7. The number of carboxylic acids is 1. The van der Waals surface area contributed by atoms with Crippen LogP contribution in [0.4, 0.5) is 0 Å². The summed E-state index contributed by atoms with van der Waals surface area (Å²) in [6, 6.07) is 0. The van der Waals surface area contributed by atoms with E-state index in [0.717, 1.165) is 44.8 Å². The molecule has 9 heteroatoms. The lowest BCUT2D eigenvalue weighted by molar-refractivity contribution is -0.143. The molecule has 44 heavy (non-hydrogen) atoms. The van der Waals surface area contributed by atoms with Gasteiger partial charge in [-0.3, -0.25) is 4.79 Å². The number of aromatic amines is 1. The first-order chi connectivity index (χ1) is 21.0. The van der Waals surface area contributed by atoms with Crippen LogP contribution < -0.4 is 10.7 Å². The molecule has 1 atom stereocenters. The number of H-pyrrole nitrogens is 1. The summed E-state index contributed by atoms with van der Waals surface area (Å²) in [5.74, 6) is -3.21. The standard InChI is InChI=1S/C35H30N4O5/c1-8-19-15(3)22-12-24-17(5)21(10-11-28(40)41)32(38-24)30-31(35(43)44-7)34(42)29-18(6)25(39-33(29)30)14-27-20(9-2)16(4)23(37-27)13-26(19)36-22/h8-14,31,36,42H,1-2H2,3-7H3,(H,40,41)/b11-10+,22-12?,26-13?,27-14?,32-30?/t31-/m1/s1. The molecule has 1 aromatic heterocycles. The van der Waals surface area contributed by atoms with Crippen LogP contribution >= 0.6 is 0 Å². The van der Waals surface area contributed by atoms with E-state index in [1.807, 2.05) is 45.9 Å². The van der Waals surface area contributed by atoms with Crippen LogP contribution in [-0.4, -0.2) is 51.4 Å². The van der Waals surface area contributed by atoms with Gasteiger partial charge in [-0.25, -0.2) is 19.8 Å². The number of allylic oxidation sites excluding steroid dienone is 7. The Hall–Kier alpha value is -5.57. The minimum absolute atomic E-state index is 0.197. The highest BCUT2D eigenvalue weighted by molar-refractivity contribution is 6.28. The molecular weight excluding hydrogens is 556 g/mol. The maximum atomic E-state index is 13.2. The number of aliphatic carboxylic acids is 1. The number of rotatable bonds is 5. The molecule has 0 spiro atoms. The Balaban J connectivity index is 1.78. The molecule has 5 aliphatic rings. The number of nitrogens with zero attached hydrogens (tertiary/aromatic N) is 3. The molecule has 6 rings (SSSR count). The van der Waals surface area contributed by atoms with Crippen molar-refractivity contribution in [2.75, 3.05) is 7.11 Å². The Bertz CT molecular complexity index is 2110. The van der Waals surface area contributed by atoms with E-state index in [1.165, 1.54) is 13.2 Å². The molecule has 0 radical (unpaired) electrons. The predicted molar refractivity (Wildman–Crippen MR) is 171 cm³/mol. The van der Waals surface area contributed by atoms with Gasteiger partial charge in [-0.05, 0) is 74.3 Å². The number of nitrogens with one attached hydrogen (secondary N) is 1. The third-order valence-corrected chi connectivity index (χ3v) is 8.58. The average Bonchev–Trinajstić information content (AvgIpc) is 3.72. The predicted octanol–water partition coefficient (Wildman–Crippen LogP) is 4.39. The SMILES string of the molecule is C=CC1=C(C)C2=NC1=CC1=C(C)C3=C(O)[C@H](C(=O)OC)C(=C4N=C(C=c5[nH]c(c(C=C)c5C)=C2)C(C)=C4/C=C/C(=O)O)C3=N1. The van der Waals surface area contributed by atoms with E-state index in [2.05, 4.69) is 18.1 Å². The lowest BCUT2D eigenvalue weighted by Crippen LogP contribution is -2.20. The van der Waals surface area contributed by atoms with Crippen LogP contribution in [0.3, 0.4) is 0 Å². The monoisotopic (exact) mass is 586 g/mol. The molecular formula is C35H30N4O5. The molecule has 3 N–H and O–H groups in total. The summed E-state index contributed by atoms with van der Waals surface area (Å²) in [5, 5.41) is 22.6. The van der Waals surface area contributed by atoms with Crippen molar-refractivity contribution in [2.45, 2.75) is 27.7 Å². The van der Waals surface area contributed by atoms with E-state index in [0.29, 0.717) is 56.4 Å². The van der Waals surface area contributed by atoms with Crippen LogP contribution in [-0.2, 0) is 14.3 Å². The number of hydrogen-bond donors (Lipinski definition) is 3. The van der Waals surface area contributed by atoms with Gasteiger partial charge in [0.1, 0.15) is 11.7 Å². The number of aliphatic hydroxyl groups is 1. The van der Waals surface area contributed by atoms with Crippen molar-refractivity contribution >= 4 is 47.3 Å². The molecule has 5 heterocycles. The lowest BCUT2D eigenvalue weighted by Gasteiger charge is -2.14. The van der Waals surface area contributed by atoms with Gasteiger partial charge in [0.25, 0.3) is 0 Å². The van der Waals surface area contributed by atoms with Crippen molar-refractivity contribution in [1.29, 1.82) is 0 Å². The van der Waals surface area contributed by atoms with Crippen molar-refractivity contribution in [3.63, 3.8) is 0 Å². The molecule has 0 saturated heterocycles. The van der Waals surface area contributed by atoms with Crippen LogP contribution in [0.15, 0.2) is 114 Å². The molecule has 220 valence electrons. The van der Waals surface area contributed by atoms with Crippen molar-refractivity contribution in [2.24, 2.45) is 20.9 Å². The highest BCUT2D eigenvalue weighted by Gasteiger charge is 2.47. The summed E-state index contributed by atoms with van der Waals surface area (Å²) in [6.07, 6.45) is 11.7. The van der Waals surface area contributed by atoms with E-state index in [1.54, 1.807) is 12.2 Å². The number of carboxylic acid groups (broad SMARTS) is 1. The van der Waals surface area contributed by atoms with Crippen LogP contribution in [0.1, 0.15) is 31.9 Å². The number of methoxy groups -OCH3 is 1. The Labute approximate surface area is 253 Å². The first kappa shape index (κ1) is 28.5. The number of carbonyl (C=O) groups is 2. The van der Waals surface area contributed by atoms with Gasteiger partial charge in [-0.1, -0.05) is 25.3 Å². The van der Waals surface area contributed by atoms with Gasteiger partial charge >= 0.3 is 11.9 Å². The molecule has 1 aliphatic carbocycles. The number of esters is 1. The molecule has 0 amide bonds. The molecule has 0 aromatic carbocycles. The topological polar surface area (TPSA) is 137 Å². The van der Waals surface area contributed by atoms with Crippen LogP contribution in [0, 0.1) is 12.8 Å². The molecule has 9 nitrogen and oxygen atoms in total. The highest BCUT2D eigenvalue weighted by atomic mass is 16.5. The summed E-state index contributed by atoms with van der Waals surface area (Å²) in [7, 11) is 1.25. The molecule has 1 aromatic rings. The summed E-state index contributed by atoms with van der Waals surface area (Å²) < 4.78 is 5.11. The third kappa shape index (κ3) is 4.11. The van der Waals surface area contributed by atoms with Gasteiger partial charge in [0.15, 0.2) is 0 Å². The van der Waals surface area contributed by atoms with Gasteiger partial charge in [0.2, 0.25) is 0 Å².